The van der Waals surface area contributed by atoms with Crippen LogP contribution in [0.4, 0.5) is 0 Å². The van der Waals surface area contributed by atoms with E-state index in [2.05, 4.69) is 28.2 Å². The molecular formula is C39H66N6O5. The second-order valence-electron chi connectivity index (χ2n) is 14.5. The first-order valence-corrected chi connectivity index (χ1v) is 19.5. The van der Waals surface area contributed by atoms with Crippen molar-refractivity contribution < 1.29 is 24.3 Å². The first kappa shape index (κ1) is 41.4. The van der Waals surface area contributed by atoms with Crippen molar-refractivity contribution in [1.29, 1.82) is 0 Å². The summed E-state index contributed by atoms with van der Waals surface area (Å²) in [5, 5.41) is 21.7. The maximum Gasteiger partial charge on any atom is 0.246 e. The highest BCUT2D eigenvalue weighted by molar-refractivity contribution is 5.95. The highest BCUT2D eigenvalue weighted by atomic mass is 16.3. The maximum absolute atomic E-state index is 14.1. The smallest absolute Gasteiger partial charge is 0.246 e. The third-order valence-corrected chi connectivity index (χ3v) is 10.4. The van der Waals surface area contributed by atoms with Gasteiger partial charge in [-0.1, -0.05) is 107 Å². The Balaban J connectivity index is 1.56. The van der Waals surface area contributed by atoms with Crippen molar-refractivity contribution in [3.63, 3.8) is 0 Å². The van der Waals surface area contributed by atoms with Crippen LogP contribution in [0.5, 0.6) is 0 Å². The number of rotatable bonds is 22. The maximum atomic E-state index is 14.1. The molecule has 50 heavy (non-hydrogen) atoms. The van der Waals surface area contributed by atoms with Crippen LogP contribution in [0.3, 0.4) is 0 Å². The van der Waals surface area contributed by atoms with Crippen LogP contribution in [0, 0.1) is 6.92 Å². The van der Waals surface area contributed by atoms with Crippen molar-refractivity contribution in [3.05, 3.63) is 35.4 Å². The number of likely N-dealkylation sites (N-methyl/N-ethyl adjacent to an activating group) is 1. The third kappa shape index (κ3) is 13.9. The molecule has 2 aliphatic rings. The number of aliphatic hydroxyl groups excluding tert-OH is 1. The molecule has 0 bridgehead atoms. The topological polar surface area (TPSA) is 166 Å². The summed E-state index contributed by atoms with van der Waals surface area (Å²) in [7, 11) is 1.74. The monoisotopic (exact) mass is 699 g/mol. The molecule has 2 aliphatic heterocycles. The molecule has 11 heteroatoms. The van der Waals surface area contributed by atoms with E-state index in [1.54, 1.807) is 11.9 Å². The molecule has 2 fully saturated rings. The molecule has 0 spiro atoms. The summed E-state index contributed by atoms with van der Waals surface area (Å²) in [6.07, 6.45) is 15.9. The number of nitrogens with zero attached hydrogens (tertiary/aromatic N) is 1. The Bertz CT molecular complexity index is 1180. The second kappa shape index (κ2) is 22.7. The van der Waals surface area contributed by atoms with Gasteiger partial charge < -0.3 is 37.0 Å². The van der Waals surface area contributed by atoms with E-state index in [9.17, 15) is 24.3 Å². The Morgan fingerprint density at radius 1 is 0.860 bits per heavy atom. The first-order valence-electron chi connectivity index (χ1n) is 19.5. The Labute approximate surface area is 300 Å². The van der Waals surface area contributed by atoms with Crippen LogP contribution in [-0.2, 0) is 25.6 Å². The van der Waals surface area contributed by atoms with Crippen LogP contribution >= 0.6 is 0 Å². The van der Waals surface area contributed by atoms with E-state index in [0.29, 0.717) is 32.2 Å². The minimum absolute atomic E-state index is 0.0971. The molecule has 2 heterocycles. The highest BCUT2D eigenvalue weighted by Crippen LogP contribution is 2.31. The molecular weight excluding hydrogens is 632 g/mol. The van der Waals surface area contributed by atoms with E-state index < -0.39 is 30.4 Å². The molecule has 4 amide bonds. The van der Waals surface area contributed by atoms with Gasteiger partial charge >= 0.3 is 0 Å². The minimum atomic E-state index is -1.10. The van der Waals surface area contributed by atoms with Gasteiger partial charge in [0.05, 0.1) is 6.04 Å². The van der Waals surface area contributed by atoms with Gasteiger partial charge in [-0.3, -0.25) is 19.2 Å². The third-order valence-electron chi connectivity index (χ3n) is 10.4. The van der Waals surface area contributed by atoms with Crippen LogP contribution in [0.25, 0.3) is 0 Å². The fourth-order valence-corrected chi connectivity index (χ4v) is 7.30. The molecule has 0 saturated carbocycles. The number of fused-ring (bicyclic) bond motifs is 1. The van der Waals surface area contributed by atoms with Crippen LogP contribution in [0.1, 0.15) is 134 Å². The van der Waals surface area contributed by atoms with Gasteiger partial charge in [-0.2, -0.15) is 0 Å². The van der Waals surface area contributed by atoms with E-state index in [-0.39, 0.29) is 42.5 Å². The molecule has 0 radical (unpaired) electrons. The van der Waals surface area contributed by atoms with Crippen LogP contribution < -0.4 is 27.0 Å². The average molecular weight is 699 g/mol. The van der Waals surface area contributed by atoms with E-state index in [4.69, 9.17) is 5.73 Å². The SMILES string of the molecule is CCCCCCCCCCCCNC(=O)C(CCC(N)O)NC(=O)C1CCC2CCCCC(NC(=O)C(Cc3ccc(C)cc3)NC)C(=O)N21. The van der Waals surface area contributed by atoms with Crippen LogP contribution in [0.15, 0.2) is 24.3 Å². The number of unbranched alkanes of at least 4 members (excludes halogenated alkanes) is 9. The normalized spacial score (nSPS) is 21.0. The zero-order valence-electron chi connectivity index (χ0n) is 31.0. The zero-order valence-corrected chi connectivity index (χ0v) is 31.0. The van der Waals surface area contributed by atoms with Crippen molar-refractivity contribution >= 4 is 23.6 Å². The Kier molecular flexibility index (Phi) is 18.8. The minimum Gasteiger partial charge on any atom is -0.379 e. The van der Waals surface area contributed by atoms with Gasteiger partial charge in [0.25, 0.3) is 0 Å². The number of hydrogen-bond acceptors (Lipinski definition) is 7. The largest absolute Gasteiger partial charge is 0.379 e. The van der Waals surface area contributed by atoms with Gasteiger partial charge in [0.2, 0.25) is 23.6 Å². The molecule has 1 aromatic rings. The van der Waals surface area contributed by atoms with Gasteiger partial charge in [-0.15, -0.1) is 0 Å². The van der Waals surface area contributed by atoms with Crippen LogP contribution in [0.2, 0.25) is 0 Å². The summed E-state index contributed by atoms with van der Waals surface area (Å²) >= 11 is 0. The van der Waals surface area contributed by atoms with E-state index in [1.807, 2.05) is 31.2 Å². The number of carbonyl (C=O) groups is 4. The Morgan fingerprint density at radius 2 is 1.50 bits per heavy atom. The summed E-state index contributed by atoms with van der Waals surface area (Å²) in [5.41, 5.74) is 7.77. The lowest BCUT2D eigenvalue weighted by Crippen LogP contribution is -2.59. The zero-order chi connectivity index (χ0) is 36.3. The lowest BCUT2D eigenvalue weighted by Gasteiger charge is -2.36. The number of nitrogens with one attached hydrogen (secondary N) is 4. The summed E-state index contributed by atoms with van der Waals surface area (Å²) in [4.78, 5) is 56.2. The van der Waals surface area contributed by atoms with Gasteiger partial charge in [0.15, 0.2) is 0 Å². The summed E-state index contributed by atoms with van der Waals surface area (Å²) in [5.74, 6) is -1.18. The molecule has 11 nitrogen and oxygen atoms in total. The Hall–Kier alpha value is -3.02. The molecule has 3 rings (SSSR count). The van der Waals surface area contributed by atoms with Crippen molar-refractivity contribution in [1.82, 2.24) is 26.2 Å². The van der Waals surface area contributed by atoms with E-state index in [0.717, 1.165) is 49.7 Å². The fourth-order valence-electron chi connectivity index (χ4n) is 7.30. The molecule has 6 unspecified atom stereocenters. The van der Waals surface area contributed by atoms with Gasteiger partial charge in [0.1, 0.15) is 24.4 Å². The molecule has 7 N–H and O–H groups in total. The van der Waals surface area contributed by atoms with E-state index >= 15 is 0 Å². The second-order valence-corrected chi connectivity index (χ2v) is 14.5. The van der Waals surface area contributed by atoms with Crippen molar-refractivity contribution in [2.75, 3.05) is 13.6 Å². The van der Waals surface area contributed by atoms with Crippen molar-refractivity contribution in [2.24, 2.45) is 5.73 Å². The predicted octanol–water partition coefficient (Wildman–Crippen LogP) is 4.12. The summed E-state index contributed by atoms with van der Waals surface area (Å²) < 4.78 is 0. The molecule has 1 aromatic carbocycles. The molecule has 2 saturated heterocycles. The Morgan fingerprint density at radius 3 is 2.14 bits per heavy atom. The highest BCUT2D eigenvalue weighted by Gasteiger charge is 2.44. The summed E-state index contributed by atoms with van der Waals surface area (Å²) in [6, 6.07) is 5.09. The number of carbonyl (C=O) groups excluding carboxylic acids is 4. The number of nitrogens with two attached hydrogens (primary N) is 1. The van der Waals surface area contributed by atoms with Crippen molar-refractivity contribution in [3.8, 4) is 0 Å². The lowest BCUT2D eigenvalue weighted by atomic mass is 9.98. The average Bonchev–Trinajstić information content (AvgIpc) is 3.52. The van der Waals surface area contributed by atoms with Gasteiger partial charge in [-0.25, -0.2) is 0 Å². The number of aryl methyl sites for hydroxylation is 1. The molecule has 282 valence electrons. The number of aliphatic hydroxyl groups is 1. The van der Waals surface area contributed by atoms with Gasteiger partial charge in [-0.05, 0) is 70.9 Å². The molecule has 6 atom stereocenters. The number of amides is 4. The van der Waals surface area contributed by atoms with Crippen molar-refractivity contribution in [2.45, 2.75) is 172 Å². The van der Waals surface area contributed by atoms with E-state index in [1.165, 1.54) is 44.9 Å². The molecule has 0 aromatic heterocycles. The molecule has 0 aliphatic carbocycles. The number of benzene rings is 1. The van der Waals surface area contributed by atoms with Crippen LogP contribution in [-0.4, -0.2) is 83.7 Å². The predicted molar refractivity (Wildman–Crippen MR) is 198 cm³/mol. The standard InChI is InChI=1S/C39H66N6O5/c1-4-5-6-7-8-9-10-11-12-15-26-42-36(47)31(23-25-35(40)46)43-38(49)34-24-22-30-16-13-14-17-32(39(50)45(30)34)44-37(48)33(41-3)27-29-20-18-28(2)19-21-29/h18-21,30-35,41,46H,4-17,22-27,40H2,1-3H3,(H,42,47)(H,43,49)(H,44,48). The first-order chi connectivity index (χ1) is 24.1. The lowest BCUT2D eigenvalue weighted by molar-refractivity contribution is -0.145. The number of hydrogen-bond donors (Lipinski definition) is 6. The van der Waals surface area contributed by atoms with Gasteiger partial charge in [0, 0.05) is 12.6 Å². The summed E-state index contributed by atoms with van der Waals surface area (Å²) in [6.45, 7) is 4.76. The quantitative estimate of drug-likeness (QED) is 0.0783. The fraction of sp³-hybridized carbons (Fsp3) is 0.744.